The number of nitrogens with one attached hydrogen (secondary N) is 2. The molecule has 2 N–H and O–H groups in total. The monoisotopic (exact) mass is 298 g/mol. The minimum Gasteiger partial charge on any atom is -0.467 e. The average molecular weight is 299 g/mol. The fourth-order valence-electron chi connectivity index (χ4n) is 2.19. The Kier molecular flexibility index (Phi) is 5.98. The predicted octanol–water partition coefficient (Wildman–Crippen LogP) is 0.800. The molecule has 20 heavy (non-hydrogen) atoms. The van der Waals surface area contributed by atoms with Crippen LogP contribution in [0.2, 0.25) is 0 Å². The van der Waals surface area contributed by atoms with E-state index in [-0.39, 0.29) is 24.4 Å². The van der Waals surface area contributed by atoms with Crippen LogP contribution in [0.3, 0.4) is 0 Å². The van der Waals surface area contributed by atoms with Gasteiger partial charge >= 0.3 is 5.97 Å². The Hall–Kier alpha value is -1.59. The van der Waals surface area contributed by atoms with Gasteiger partial charge in [0.15, 0.2) is 0 Å². The third-order valence-electron chi connectivity index (χ3n) is 3.31. The molecule has 5 nitrogen and oxygen atoms in total. The van der Waals surface area contributed by atoms with Crippen LogP contribution in [0.4, 0.5) is 0 Å². The van der Waals surface area contributed by atoms with Crippen LogP contribution in [0, 0.1) is 0 Å². The fraction of sp³-hybridized carbons (Fsp3) is 0.429. The molecule has 0 fully saturated rings. The highest BCUT2D eigenvalue weighted by atomic mass is 35.5. The van der Waals surface area contributed by atoms with Gasteiger partial charge in [-0.1, -0.05) is 24.3 Å². The number of ether oxygens (including phenoxy) is 1. The molecule has 0 spiro atoms. The van der Waals surface area contributed by atoms with Crippen molar-refractivity contribution >= 4 is 24.3 Å². The van der Waals surface area contributed by atoms with E-state index in [1.165, 1.54) is 18.2 Å². The Morgan fingerprint density at radius 3 is 2.65 bits per heavy atom. The van der Waals surface area contributed by atoms with Gasteiger partial charge < -0.3 is 15.4 Å². The summed E-state index contributed by atoms with van der Waals surface area (Å²) >= 11 is 0. The van der Waals surface area contributed by atoms with Crippen LogP contribution in [-0.4, -0.2) is 31.1 Å². The number of halogens is 1. The minimum atomic E-state index is -0.628. The van der Waals surface area contributed by atoms with E-state index in [0.29, 0.717) is 13.0 Å². The quantitative estimate of drug-likeness (QED) is 0.810. The zero-order valence-corrected chi connectivity index (χ0v) is 12.3. The number of rotatable bonds is 3. The lowest BCUT2D eigenvalue weighted by atomic mass is 9.95. The van der Waals surface area contributed by atoms with E-state index in [0.717, 1.165) is 0 Å². The molecule has 1 aliphatic heterocycles. The van der Waals surface area contributed by atoms with Crippen molar-refractivity contribution in [3.05, 3.63) is 35.4 Å². The number of methoxy groups -OCH3 is 1. The Morgan fingerprint density at radius 2 is 2.00 bits per heavy atom. The van der Waals surface area contributed by atoms with E-state index in [1.54, 1.807) is 6.92 Å². The molecule has 1 aromatic rings. The molecular weight excluding hydrogens is 280 g/mol. The van der Waals surface area contributed by atoms with E-state index in [4.69, 9.17) is 0 Å². The third kappa shape index (κ3) is 3.71. The minimum absolute atomic E-state index is 0. The van der Waals surface area contributed by atoms with Crippen LogP contribution in [-0.2, 0) is 27.3 Å². The number of carbonyl (C=O) groups excluding carboxylic acids is 2. The molecular formula is C14H19ClN2O3. The van der Waals surface area contributed by atoms with Crippen molar-refractivity contribution in [1.82, 2.24) is 10.6 Å². The maximum Gasteiger partial charge on any atom is 0.328 e. The van der Waals surface area contributed by atoms with Gasteiger partial charge in [0.1, 0.15) is 6.04 Å². The normalized spacial score (nSPS) is 18.2. The van der Waals surface area contributed by atoms with Crippen molar-refractivity contribution in [2.75, 3.05) is 7.11 Å². The summed E-state index contributed by atoms with van der Waals surface area (Å²) in [6, 6.07) is 7.10. The molecule has 6 heteroatoms. The molecule has 0 radical (unpaired) electrons. The molecule has 0 bridgehead atoms. The summed E-state index contributed by atoms with van der Waals surface area (Å²) < 4.78 is 4.58. The zero-order valence-electron chi connectivity index (χ0n) is 11.5. The number of hydrogen-bond donors (Lipinski definition) is 2. The van der Waals surface area contributed by atoms with E-state index in [9.17, 15) is 9.59 Å². The van der Waals surface area contributed by atoms with Gasteiger partial charge in [0.25, 0.3) is 0 Å². The van der Waals surface area contributed by atoms with Crippen LogP contribution in [0.25, 0.3) is 0 Å². The van der Waals surface area contributed by atoms with Crippen molar-refractivity contribution in [2.45, 2.75) is 32.0 Å². The van der Waals surface area contributed by atoms with Crippen LogP contribution < -0.4 is 10.6 Å². The van der Waals surface area contributed by atoms with E-state index < -0.39 is 12.0 Å². The standard InChI is InChI=1S/C14H18N2O3.ClH/c1-9(14(18)19-2)16-13(17)12-7-10-5-3-4-6-11(10)8-15-12;/h3-6,9,12,15H,7-8H2,1-2H3,(H,16,17);1H. The molecule has 2 rings (SSSR count). The Bertz CT molecular complexity index is 493. The molecule has 1 aromatic carbocycles. The summed E-state index contributed by atoms with van der Waals surface area (Å²) in [7, 11) is 1.31. The summed E-state index contributed by atoms with van der Waals surface area (Å²) in [5.41, 5.74) is 2.39. The average Bonchev–Trinajstić information content (AvgIpc) is 2.45. The van der Waals surface area contributed by atoms with Gasteiger partial charge in [-0.3, -0.25) is 4.79 Å². The first kappa shape index (κ1) is 16.5. The molecule has 2 unspecified atom stereocenters. The largest absolute Gasteiger partial charge is 0.467 e. The van der Waals surface area contributed by atoms with Crippen LogP contribution in [0.5, 0.6) is 0 Å². The summed E-state index contributed by atoms with van der Waals surface area (Å²) in [5, 5.41) is 5.83. The van der Waals surface area contributed by atoms with E-state index >= 15 is 0 Å². The molecule has 1 heterocycles. The highest BCUT2D eigenvalue weighted by Gasteiger charge is 2.26. The van der Waals surface area contributed by atoms with Gasteiger partial charge in [-0.15, -0.1) is 12.4 Å². The maximum absolute atomic E-state index is 12.1. The second-order valence-corrected chi connectivity index (χ2v) is 4.66. The molecule has 110 valence electrons. The Balaban J connectivity index is 0.00000200. The molecule has 1 aliphatic rings. The van der Waals surface area contributed by atoms with Gasteiger partial charge in [-0.05, 0) is 24.5 Å². The summed E-state index contributed by atoms with van der Waals surface area (Å²) in [5.74, 6) is -0.614. The second kappa shape index (κ2) is 7.26. The summed E-state index contributed by atoms with van der Waals surface area (Å²) in [6.45, 7) is 2.28. The number of benzene rings is 1. The van der Waals surface area contributed by atoms with Crippen molar-refractivity contribution in [1.29, 1.82) is 0 Å². The number of carbonyl (C=O) groups is 2. The molecule has 0 aromatic heterocycles. The smallest absolute Gasteiger partial charge is 0.328 e. The third-order valence-corrected chi connectivity index (χ3v) is 3.31. The lowest BCUT2D eigenvalue weighted by Gasteiger charge is -2.26. The second-order valence-electron chi connectivity index (χ2n) is 4.66. The van der Waals surface area contributed by atoms with E-state index in [2.05, 4.69) is 15.4 Å². The molecule has 0 aliphatic carbocycles. The highest BCUT2D eigenvalue weighted by Crippen LogP contribution is 2.16. The van der Waals surface area contributed by atoms with Gasteiger partial charge in [-0.25, -0.2) is 4.79 Å². The first-order chi connectivity index (χ1) is 9.11. The topological polar surface area (TPSA) is 67.4 Å². The van der Waals surface area contributed by atoms with Crippen molar-refractivity contribution in [3.63, 3.8) is 0 Å². The zero-order chi connectivity index (χ0) is 13.8. The van der Waals surface area contributed by atoms with Crippen LogP contribution >= 0.6 is 12.4 Å². The van der Waals surface area contributed by atoms with Crippen molar-refractivity contribution < 1.29 is 14.3 Å². The van der Waals surface area contributed by atoms with Crippen LogP contribution in [0.1, 0.15) is 18.1 Å². The molecule has 0 saturated carbocycles. The number of esters is 1. The van der Waals surface area contributed by atoms with Gasteiger partial charge in [0, 0.05) is 6.54 Å². The first-order valence-electron chi connectivity index (χ1n) is 6.30. The lowest BCUT2D eigenvalue weighted by molar-refractivity contribution is -0.144. The van der Waals surface area contributed by atoms with Crippen molar-refractivity contribution in [3.8, 4) is 0 Å². The molecule has 0 saturated heterocycles. The fourth-order valence-corrected chi connectivity index (χ4v) is 2.19. The SMILES string of the molecule is COC(=O)C(C)NC(=O)C1Cc2ccccc2CN1.Cl. The lowest BCUT2D eigenvalue weighted by Crippen LogP contribution is -2.51. The molecule has 1 amide bonds. The number of fused-ring (bicyclic) bond motifs is 1. The highest BCUT2D eigenvalue weighted by molar-refractivity contribution is 5.87. The number of amides is 1. The van der Waals surface area contributed by atoms with Gasteiger partial charge in [0.2, 0.25) is 5.91 Å². The summed E-state index contributed by atoms with van der Waals surface area (Å²) in [6.07, 6.45) is 0.635. The summed E-state index contributed by atoms with van der Waals surface area (Å²) in [4.78, 5) is 23.3. The molecule has 2 atom stereocenters. The predicted molar refractivity (Wildman–Crippen MR) is 77.6 cm³/mol. The van der Waals surface area contributed by atoms with Crippen LogP contribution in [0.15, 0.2) is 24.3 Å². The van der Waals surface area contributed by atoms with Gasteiger partial charge in [-0.2, -0.15) is 0 Å². The first-order valence-corrected chi connectivity index (χ1v) is 6.30. The van der Waals surface area contributed by atoms with E-state index in [1.807, 2.05) is 24.3 Å². The number of hydrogen-bond acceptors (Lipinski definition) is 4. The maximum atomic E-state index is 12.1. The van der Waals surface area contributed by atoms with Crippen molar-refractivity contribution in [2.24, 2.45) is 0 Å². The Labute approximate surface area is 124 Å². The Morgan fingerprint density at radius 1 is 1.35 bits per heavy atom. The van der Waals surface area contributed by atoms with Gasteiger partial charge in [0.05, 0.1) is 13.2 Å².